The zero-order chi connectivity index (χ0) is 41.0. The Morgan fingerprint density at radius 1 is 0.306 bits per heavy atom. The number of nitrogens with zero attached hydrogens (tertiary/aromatic N) is 2. The molecule has 0 N–H and O–H groups in total. The highest BCUT2D eigenvalue weighted by Crippen LogP contribution is 2.47. The molecule has 0 saturated carbocycles. The number of anilines is 3. The molecule has 0 saturated heterocycles. The van der Waals surface area contributed by atoms with Crippen LogP contribution < -0.4 is 4.90 Å². The molecular weight excluding hydrogens is 749 g/mol. The van der Waals surface area contributed by atoms with E-state index in [1.165, 1.54) is 82.0 Å². The number of fused-ring (bicyclic) bond motifs is 8. The Morgan fingerprint density at radius 3 is 1.56 bits per heavy atom. The molecule has 0 aliphatic rings. The second-order valence-corrected chi connectivity index (χ2v) is 16.1. The highest BCUT2D eigenvalue weighted by molar-refractivity contribution is 6.25. The van der Waals surface area contributed by atoms with Crippen LogP contribution in [0, 0.1) is 0 Å². The van der Waals surface area contributed by atoms with E-state index in [1.54, 1.807) is 0 Å². The van der Waals surface area contributed by atoms with Crippen LogP contribution in [0.4, 0.5) is 17.1 Å². The molecule has 0 aliphatic heterocycles. The van der Waals surface area contributed by atoms with Gasteiger partial charge in [0.05, 0.1) is 16.7 Å². The van der Waals surface area contributed by atoms with E-state index in [2.05, 4.69) is 252 Å². The first-order valence-electron chi connectivity index (χ1n) is 21.3. The van der Waals surface area contributed by atoms with Gasteiger partial charge in [-0.05, 0) is 116 Å². The van der Waals surface area contributed by atoms with Crippen molar-refractivity contribution >= 4 is 71.2 Å². The van der Waals surface area contributed by atoms with Gasteiger partial charge in [0.15, 0.2) is 0 Å². The van der Waals surface area contributed by atoms with E-state index >= 15 is 0 Å². The maximum atomic E-state index is 2.48. The number of benzene rings is 11. The Hall–Kier alpha value is -8.20. The van der Waals surface area contributed by atoms with Crippen LogP contribution in [0.3, 0.4) is 0 Å². The fourth-order valence-electron chi connectivity index (χ4n) is 9.66. The highest BCUT2D eigenvalue weighted by atomic mass is 15.1. The predicted octanol–water partition coefficient (Wildman–Crippen LogP) is 16.7. The standard InChI is InChI=1S/C60H40N2/c1-4-17-41(18-5-1)43-31-33-49(34-32-43)61(58-39-47-22-10-12-27-51(47)53-29-14-15-30-54(53)58)50-35-36-57-56(40-50)59-55(45-24-16-23-44(37-45)42-19-6-2-7-20-42)38-46-21-11-13-28-52(46)60(59)62(57)48-25-8-3-9-26-48/h1-40H. The van der Waals surface area contributed by atoms with Crippen LogP contribution in [0.15, 0.2) is 243 Å². The number of rotatable bonds is 7. The van der Waals surface area contributed by atoms with Crippen molar-refractivity contribution in [3.8, 4) is 39.1 Å². The summed E-state index contributed by atoms with van der Waals surface area (Å²) >= 11 is 0. The van der Waals surface area contributed by atoms with Gasteiger partial charge >= 0.3 is 0 Å². The number of hydrogen-bond donors (Lipinski definition) is 0. The summed E-state index contributed by atoms with van der Waals surface area (Å²) in [6.45, 7) is 0. The molecule has 1 aromatic heterocycles. The van der Waals surface area contributed by atoms with Gasteiger partial charge in [0, 0.05) is 38.6 Å². The zero-order valence-corrected chi connectivity index (χ0v) is 34.0. The van der Waals surface area contributed by atoms with Crippen molar-refractivity contribution in [2.75, 3.05) is 4.90 Å². The quantitative estimate of drug-likeness (QED) is 0.146. The van der Waals surface area contributed by atoms with Crippen LogP contribution in [0.1, 0.15) is 0 Å². The van der Waals surface area contributed by atoms with E-state index in [0.717, 1.165) is 28.3 Å². The van der Waals surface area contributed by atoms with E-state index in [-0.39, 0.29) is 0 Å². The Labute approximate surface area is 360 Å². The first-order valence-corrected chi connectivity index (χ1v) is 21.3. The van der Waals surface area contributed by atoms with E-state index in [1.807, 2.05) is 0 Å². The second-order valence-electron chi connectivity index (χ2n) is 16.1. The molecule has 290 valence electrons. The van der Waals surface area contributed by atoms with Gasteiger partial charge in [0.25, 0.3) is 0 Å². The minimum Gasteiger partial charge on any atom is -0.310 e. The molecule has 0 fully saturated rings. The van der Waals surface area contributed by atoms with E-state index in [4.69, 9.17) is 0 Å². The maximum Gasteiger partial charge on any atom is 0.0625 e. The molecule has 2 nitrogen and oxygen atoms in total. The molecule has 0 radical (unpaired) electrons. The van der Waals surface area contributed by atoms with Gasteiger partial charge in [-0.1, -0.05) is 182 Å². The van der Waals surface area contributed by atoms with E-state index in [9.17, 15) is 0 Å². The summed E-state index contributed by atoms with van der Waals surface area (Å²) in [6.07, 6.45) is 0. The second kappa shape index (κ2) is 14.8. The lowest BCUT2D eigenvalue weighted by Crippen LogP contribution is -2.10. The minimum atomic E-state index is 1.09. The SMILES string of the molecule is c1ccc(-c2ccc(N(c3ccc4c(c3)c3c(-c5cccc(-c6ccccc6)c5)cc5ccccc5c3n4-c3ccccc3)c3cc4ccccc4c4ccccc34)cc2)cc1. The normalized spacial score (nSPS) is 11.5. The van der Waals surface area contributed by atoms with Crippen LogP contribution in [0.2, 0.25) is 0 Å². The molecule has 0 bridgehead atoms. The van der Waals surface area contributed by atoms with Crippen LogP contribution in [-0.2, 0) is 0 Å². The first kappa shape index (κ1) is 35.7. The lowest BCUT2D eigenvalue weighted by atomic mass is 9.93. The van der Waals surface area contributed by atoms with Gasteiger partial charge < -0.3 is 9.47 Å². The number of hydrogen-bond acceptors (Lipinski definition) is 1. The Bertz CT molecular complexity index is 3610. The van der Waals surface area contributed by atoms with Crippen molar-refractivity contribution in [2.24, 2.45) is 0 Å². The largest absolute Gasteiger partial charge is 0.310 e. The maximum absolute atomic E-state index is 2.48. The molecule has 2 heteroatoms. The molecule has 1 heterocycles. The molecule has 12 rings (SSSR count). The summed E-state index contributed by atoms with van der Waals surface area (Å²) in [5, 5.41) is 9.77. The van der Waals surface area contributed by atoms with Crippen molar-refractivity contribution in [1.29, 1.82) is 0 Å². The summed E-state index contributed by atoms with van der Waals surface area (Å²) in [5.74, 6) is 0. The summed E-state index contributed by atoms with van der Waals surface area (Å²) in [5.41, 5.74) is 14.0. The van der Waals surface area contributed by atoms with Crippen molar-refractivity contribution in [3.05, 3.63) is 243 Å². The van der Waals surface area contributed by atoms with Crippen LogP contribution in [0.25, 0.3) is 93.2 Å². The Kier molecular flexibility index (Phi) is 8.53. The van der Waals surface area contributed by atoms with Crippen molar-refractivity contribution in [1.82, 2.24) is 4.57 Å². The smallest absolute Gasteiger partial charge is 0.0625 e. The fourth-order valence-corrected chi connectivity index (χ4v) is 9.66. The van der Waals surface area contributed by atoms with Crippen molar-refractivity contribution < 1.29 is 0 Å². The number of para-hydroxylation sites is 1. The molecule has 0 amide bonds. The predicted molar refractivity (Wildman–Crippen MR) is 264 cm³/mol. The molecule has 62 heavy (non-hydrogen) atoms. The fraction of sp³-hybridized carbons (Fsp3) is 0. The molecule has 0 unspecified atom stereocenters. The van der Waals surface area contributed by atoms with E-state index < -0.39 is 0 Å². The van der Waals surface area contributed by atoms with Gasteiger partial charge in [0.1, 0.15) is 0 Å². The summed E-state index contributed by atoms with van der Waals surface area (Å²) in [7, 11) is 0. The van der Waals surface area contributed by atoms with E-state index in [0.29, 0.717) is 0 Å². The average molecular weight is 789 g/mol. The molecular formula is C60H40N2. The average Bonchev–Trinajstić information content (AvgIpc) is 3.70. The molecule has 11 aromatic carbocycles. The van der Waals surface area contributed by atoms with Crippen molar-refractivity contribution in [2.45, 2.75) is 0 Å². The molecule has 0 atom stereocenters. The third-order valence-corrected chi connectivity index (χ3v) is 12.5. The highest BCUT2D eigenvalue weighted by Gasteiger charge is 2.23. The first-order chi connectivity index (χ1) is 30.8. The van der Waals surface area contributed by atoms with Gasteiger partial charge in [-0.15, -0.1) is 0 Å². The lowest BCUT2D eigenvalue weighted by Gasteiger charge is -2.28. The summed E-state index contributed by atoms with van der Waals surface area (Å²) in [6, 6.07) is 88.6. The molecule has 0 aliphatic carbocycles. The number of aromatic nitrogens is 1. The minimum absolute atomic E-state index is 1.09. The Morgan fingerprint density at radius 2 is 0.839 bits per heavy atom. The lowest BCUT2D eigenvalue weighted by molar-refractivity contribution is 1.18. The van der Waals surface area contributed by atoms with Gasteiger partial charge in [0.2, 0.25) is 0 Å². The van der Waals surface area contributed by atoms with Crippen LogP contribution in [-0.4, -0.2) is 4.57 Å². The van der Waals surface area contributed by atoms with Gasteiger partial charge in [-0.3, -0.25) is 0 Å². The van der Waals surface area contributed by atoms with Crippen molar-refractivity contribution in [3.63, 3.8) is 0 Å². The molecule has 12 aromatic rings. The summed E-state index contributed by atoms with van der Waals surface area (Å²) in [4.78, 5) is 2.46. The monoisotopic (exact) mass is 788 g/mol. The van der Waals surface area contributed by atoms with Gasteiger partial charge in [-0.25, -0.2) is 0 Å². The molecule has 0 spiro atoms. The topological polar surface area (TPSA) is 8.17 Å². The zero-order valence-electron chi connectivity index (χ0n) is 34.0. The summed E-state index contributed by atoms with van der Waals surface area (Å²) < 4.78 is 2.48. The van der Waals surface area contributed by atoms with Crippen LogP contribution in [0.5, 0.6) is 0 Å². The third kappa shape index (κ3) is 5.96. The Balaban J connectivity index is 1.18. The third-order valence-electron chi connectivity index (χ3n) is 12.5. The van der Waals surface area contributed by atoms with Crippen LogP contribution >= 0.6 is 0 Å². The van der Waals surface area contributed by atoms with Gasteiger partial charge in [-0.2, -0.15) is 0 Å².